The summed E-state index contributed by atoms with van der Waals surface area (Å²) < 4.78 is 10.6. The molecule has 1 fully saturated rings. The third-order valence-electron chi connectivity index (χ3n) is 6.32. The van der Waals surface area contributed by atoms with Crippen LogP contribution in [-0.4, -0.2) is 77.4 Å². The molecule has 180 valence electrons. The van der Waals surface area contributed by atoms with Crippen molar-refractivity contribution in [2.24, 2.45) is 0 Å². The molecule has 2 aliphatic rings. The zero-order valence-corrected chi connectivity index (χ0v) is 18.8. The van der Waals surface area contributed by atoms with E-state index in [2.05, 4.69) is 22.6 Å². The molecule has 1 aliphatic carbocycles. The van der Waals surface area contributed by atoms with E-state index in [1.54, 1.807) is 9.80 Å². The number of ether oxygens (including phenoxy) is 1. The number of nitrogens with one attached hydrogen (secondary N) is 1. The number of carbonyl (C=O) groups excluding carboxylic acids is 2. The highest BCUT2D eigenvalue weighted by Gasteiger charge is 2.29. The lowest BCUT2D eigenvalue weighted by molar-refractivity contribution is -0.138. The standard InChI is InChI=1S/C25H24N4O6/c30-23(31)14-28-9-11-29(12-10-28)24(32)21-13-22(35-27-21)26-25(33)34-15-20-18-7-3-1-5-16(18)17-6-2-4-8-19(17)20/h1-8,13,20H,9-12,14-15H2,(H,26,33)(H,30,31). The van der Waals surface area contributed by atoms with Gasteiger partial charge in [0.15, 0.2) is 5.69 Å². The zero-order chi connectivity index (χ0) is 24.4. The van der Waals surface area contributed by atoms with E-state index in [4.69, 9.17) is 14.4 Å². The molecule has 0 bridgehead atoms. The van der Waals surface area contributed by atoms with Gasteiger partial charge in [0.25, 0.3) is 5.91 Å². The number of hydrogen-bond donors (Lipinski definition) is 2. The molecule has 1 aromatic heterocycles. The molecule has 0 spiro atoms. The van der Waals surface area contributed by atoms with Gasteiger partial charge in [0, 0.05) is 38.2 Å². The number of benzene rings is 2. The number of rotatable bonds is 6. The van der Waals surface area contributed by atoms with Crippen LogP contribution in [-0.2, 0) is 9.53 Å². The first-order valence-corrected chi connectivity index (χ1v) is 11.3. The molecular weight excluding hydrogens is 452 g/mol. The fourth-order valence-electron chi connectivity index (χ4n) is 4.63. The number of hydrogen-bond acceptors (Lipinski definition) is 7. The predicted octanol–water partition coefficient (Wildman–Crippen LogP) is 2.88. The monoisotopic (exact) mass is 476 g/mol. The Hall–Kier alpha value is -4.18. The molecule has 2 N–H and O–H groups in total. The van der Waals surface area contributed by atoms with Crippen molar-refractivity contribution in [1.29, 1.82) is 0 Å². The summed E-state index contributed by atoms with van der Waals surface area (Å²) in [6, 6.07) is 17.5. The number of aromatic nitrogens is 1. The van der Waals surface area contributed by atoms with Gasteiger partial charge in [-0.2, -0.15) is 0 Å². The second kappa shape index (κ2) is 9.59. The van der Waals surface area contributed by atoms with E-state index in [-0.39, 0.29) is 36.6 Å². The van der Waals surface area contributed by atoms with Crippen molar-refractivity contribution in [3.05, 3.63) is 71.4 Å². The zero-order valence-electron chi connectivity index (χ0n) is 18.8. The lowest BCUT2D eigenvalue weighted by Gasteiger charge is -2.33. The average molecular weight is 476 g/mol. The van der Waals surface area contributed by atoms with Gasteiger partial charge in [0.2, 0.25) is 5.88 Å². The van der Waals surface area contributed by atoms with Crippen LogP contribution >= 0.6 is 0 Å². The largest absolute Gasteiger partial charge is 0.480 e. The van der Waals surface area contributed by atoms with E-state index < -0.39 is 12.1 Å². The van der Waals surface area contributed by atoms with Gasteiger partial charge in [-0.3, -0.25) is 19.8 Å². The third-order valence-corrected chi connectivity index (χ3v) is 6.32. The number of carboxylic acid groups (broad SMARTS) is 1. The Morgan fingerprint density at radius 3 is 2.26 bits per heavy atom. The fourth-order valence-corrected chi connectivity index (χ4v) is 4.63. The molecule has 1 saturated heterocycles. The minimum absolute atomic E-state index is 0.00934. The molecule has 3 aromatic rings. The number of carboxylic acids is 1. The van der Waals surface area contributed by atoms with E-state index >= 15 is 0 Å². The topological polar surface area (TPSA) is 125 Å². The first-order valence-electron chi connectivity index (χ1n) is 11.3. The van der Waals surface area contributed by atoms with E-state index in [0.29, 0.717) is 26.2 Å². The van der Waals surface area contributed by atoms with Crippen LogP contribution in [0.2, 0.25) is 0 Å². The van der Waals surface area contributed by atoms with Crippen LogP contribution in [0.25, 0.3) is 11.1 Å². The molecular formula is C25H24N4O6. The number of carbonyl (C=O) groups is 3. The van der Waals surface area contributed by atoms with E-state index in [9.17, 15) is 14.4 Å². The number of nitrogens with zero attached hydrogens (tertiary/aromatic N) is 3. The van der Waals surface area contributed by atoms with Crippen LogP contribution in [0.15, 0.2) is 59.1 Å². The van der Waals surface area contributed by atoms with Gasteiger partial charge < -0.3 is 19.3 Å². The highest BCUT2D eigenvalue weighted by Crippen LogP contribution is 2.44. The van der Waals surface area contributed by atoms with Gasteiger partial charge in [0.1, 0.15) is 6.61 Å². The number of anilines is 1. The van der Waals surface area contributed by atoms with Gasteiger partial charge in [-0.1, -0.05) is 53.7 Å². The quantitative estimate of drug-likeness (QED) is 0.556. The highest BCUT2D eigenvalue weighted by atomic mass is 16.6. The number of amides is 2. The summed E-state index contributed by atoms with van der Waals surface area (Å²) in [5.74, 6) is -1.30. The van der Waals surface area contributed by atoms with Gasteiger partial charge in [0.05, 0.1) is 6.54 Å². The molecule has 1 aliphatic heterocycles. The molecule has 0 unspecified atom stereocenters. The molecule has 5 rings (SSSR count). The van der Waals surface area contributed by atoms with Crippen molar-refractivity contribution in [1.82, 2.24) is 15.0 Å². The lowest BCUT2D eigenvalue weighted by Crippen LogP contribution is -2.49. The maximum Gasteiger partial charge on any atom is 0.414 e. The molecule has 0 saturated carbocycles. The second-order valence-corrected chi connectivity index (χ2v) is 8.49. The van der Waals surface area contributed by atoms with E-state index in [0.717, 1.165) is 22.3 Å². The van der Waals surface area contributed by atoms with Crippen LogP contribution in [0.5, 0.6) is 0 Å². The number of fused-ring (bicyclic) bond motifs is 3. The molecule has 2 aromatic carbocycles. The molecule has 35 heavy (non-hydrogen) atoms. The van der Waals surface area contributed by atoms with E-state index in [1.165, 1.54) is 6.07 Å². The minimum Gasteiger partial charge on any atom is -0.480 e. The molecule has 10 heteroatoms. The smallest absolute Gasteiger partial charge is 0.414 e. The summed E-state index contributed by atoms with van der Waals surface area (Å²) in [4.78, 5) is 39.3. The van der Waals surface area contributed by atoms with Crippen molar-refractivity contribution in [2.45, 2.75) is 5.92 Å². The Labute approximate surface area is 201 Å². The average Bonchev–Trinajstić information content (AvgIpc) is 3.45. The number of piperazine rings is 1. The Balaban J connectivity index is 1.16. The Morgan fingerprint density at radius 1 is 1.00 bits per heavy atom. The van der Waals surface area contributed by atoms with Crippen molar-refractivity contribution < 1.29 is 28.8 Å². The lowest BCUT2D eigenvalue weighted by atomic mass is 9.98. The van der Waals surface area contributed by atoms with Crippen molar-refractivity contribution in [3.8, 4) is 11.1 Å². The summed E-state index contributed by atoms with van der Waals surface area (Å²) in [7, 11) is 0. The van der Waals surface area contributed by atoms with Crippen molar-refractivity contribution in [3.63, 3.8) is 0 Å². The molecule has 2 amide bonds. The summed E-state index contributed by atoms with van der Waals surface area (Å²) in [6.07, 6.45) is -0.704. The van der Waals surface area contributed by atoms with Crippen molar-refractivity contribution >= 4 is 23.9 Å². The van der Waals surface area contributed by atoms with Crippen LogP contribution in [0, 0.1) is 0 Å². The second-order valence-electron chi connectivity index (χ2n) is 8.49. The SMILES string of the molecule is O=C(O)CN1CCN(C(=O)c2cc(NC(=O)OCC3c4ccccc4-c4ccccc43)on2)CC1. The van der Waals surface area contributed by atoms with Crippen LogP contribution in [0.3, 0.4) is 0 Å². The van der Waals surface area contributed by atoms with Gasteiger partial charge in [-0.15, -0.1) is 0 Å². The summed E-state index contributed by atoms with van der Waals surface area (Å²) in [6.45, 7) is 1.78. The molecule has 10 nitrogen and oxygen atoms in total. The highest BCUT2D eigenvalue weighted by molar-refractivity contribution is 5.94. The Bertz CT molecular complexity index is 1220. The molecule has 0 atom stereocenters. The normalized spacial score (nSPS) is 15.4. The van der Waals surface area contributed by atoms with Crippen LogP contribution in [0.1, 0.15) is 27.5 Å². The van der Waals surface area contributed by atoms with E-state index in [1.807, 2.05) is 36.4 Å². The van der Waals surface area contributed by atoms with Crippen LogP contribution < -0.4 is 5.32 Å². The van der Waals surface area contributed by atoms with Crippen LogP contribution in [0.4, 0.5) is 10.7 Å². The number of aliphatic carboxylic acids is 1. The predicted molar refractivity (Wildman–Crippen MR) is 125 cm³/mol. The van der Waals surface area contributed by atoms with Gasteiger partial charge >= 0.3 is 12.1 Å². The van der Waals surface area contributed by atoms with Gasteiger partial charge in [-0.25, -0.2) is 4.79 Å². The first-order chi connectivity index (χ1) is 17.0. The maximum atomic E-state index is 12.7. The summed E-state index contributed by atoms with van der Waals surface area (Å²) in [5.41, 5.74) is 4.55. The summed E-state index contributed by atoms with van der Waals surface area (Å²) in [5, 5.41) is 15.1. The minimum atomic E-state index is -0.898. The maximum absolute atomic E-state index is 12.7. The fraction of sp³-hybridized carbons (Fsp3) is 0.280. The Morgan fingerprint density at radius 2 is 1.63 bits per heavy atom. The Kier molecular flexibility index (Phi) is 6.19. The molecule has 2 heterocycles. The molecule has 0 radical (unpaired) electrons. The summed E-state index contributed by atoms with van der Waals surface area (Å²) >= 11 is 0. The van der Waals surface area contributed by atoms with Gasteiger partial charge in [-0.05, 0) is 22.3 Å². The third kappa shape index (κ3) is 4.73. The van der Waals surface area contributed by atoms with Crippen molar-refractivity contribution in [2.75, 3.05) is 44.6 Å². The first kappa shape index (κ1) is 22.6.